The summed E-state index contributed by atoms with van der Waals surface area (Å²) < 4.78 is 31.1. The minimum absolute atomic E-state index is 0.0508. The van der Waals surface area contributed by atoms with E-state index in [0.717, 1.165) is 12.8 Å². The van der Waals surface area contributed by atoms with Crippen molar-refractivity contribution in [1.29, 1.82) is 0 Å². The molecule has 1 atom stereocenters. The second-order valence-electron chi connectivity index (χ2n) is 6.14. The number of rotatable bonds is 2. The molecule has 0 bridgehead atoms. The van der Waals surface area contributed by atoms with Crippen molar-refractivity contribution in [2.75, 3.05) is 0 Å². The highest BCUT2D eigenvalue weighted by Gasteiger charge is 2.47. The van der Waals surface area contributed by atoms with E-state index in [1.165, 1.54) is 0 Å². The van der Waals surface area contributed by atoms with Gasteiger partial charge in [0, 0.05) is 12.0 Å². The van der Waals surface area contributed by atoms with E-state index in [1.54, 1.807) is 4.68 Å². The van der Waals surface area contributed by atoms with Crippen LogP contribution in [-0.2, 0) is 12.3 Å². The lowest BCUT2D eigenvalue weighted by atomic mass is 9.81. The van der Waals surface area contributed by atoms with Gasteiger partial charge in [-0.25, -0.2) is 4.68 Å². The fourth-order valence-electron chi connectivity index (χ4n) is 2.99. The monoisotopic (exact) mass is 271 g/mol. The second kappa shape index (κ2) is 5.17. The largest absolute Gasteiger partial charge is 0.296 e. The van der Waals surface area contributed by atoms with Gasteiger partial charge in [-0.1, -0.05) is 25.5 Å². The van der Waals surface area contributed by atoms with Crippen LogP contribution in [0.5, 0.6) is 0 Å². The molecule has 1 aromatic heterocycles. The minimum Gasteiger partial charge on any atom is -0.246 e. The standard InChI is InChI=1S/C14H23F2N3/c1-9(2)11-7-5-6-8-12-13(14(11,15)16)17-18-19(12)10(3)4/h9-11H,5-8H2,1-4H3. The van der Waals surface area contributed by atoms with E-state index in [2.05, 4.69) is 10.3 Å². The molecule has 0 spiro atoms. The Morgan fingerprint density at radius 1 is 1.21 bits per heavy atom. The van der Waals surface area contributed by atoms with Gasteiger partial charge in [0.15, 0.2) is 5.69 Å². The van der Waals surface area contributed by atoms with E-state index in [1.807, 2.05) is 27.7 Å². The Bertz CT molecular complexity index is 438. The summed E-state index contributed by atoms with van der Waals surface area (Å²) >= 11 is 0. The first-order chi connectivity index (χ1) is 8.85. The van der Waals surface area contributed by atoms with E-state index < -0.39 is 11.8 Å². The summed E-state index contributed by atoms with van der Waals surface area (Å²) in [6, 6.07) is 0.0731. The Labute approximate surface area is 113 Å². The normalized spacial score (nSPS) is 23.3. The average molecular weight is 271 g/mol. The van der Waals surface area contributed by atoms with Crippen LogP contribution in [0.25, 0.3) is 0 Å². The number of nitrogens with zero attached hydrogens (tertiary/aromatic N) is 3. The zero-order chi connectivity index (χ0) is 14.2. The van der Waals surface area contributed by atoms with Crippen LogP contribution in [0.15, 0.2) is 0 Å². The zero-order valence-corrected chi connectivity index (χ0v) is 12.2. The summed E-state index contributed by atoms with van der Waals surface area (Å²) in [5.41, 5.74) is 0.546. The van der Waals surface area contributed by atoms with Crippen molar-refractivity contribution in [3.05, 3.63) is 11.4 Å². The van der Waals surface area contributed by atoms with E-state index in [0.29, 0.717) is 18.5 Å². The average Bonchev–Trinajstić information content (AvgIpc) is 2.70. The Morgan fingerprint density at radius 3 is 2.47 bits per heavy atom. The third-order valence-corrected chi connectivity index (χ3v) is 4.04. The van der Waals surface area contributed by atoms with Crippen LogP contribution in [0, 0.1) is 11.8 Å². The van der Waals surface area contributed by atoms with Crippen LogP contribution < -0.4 is 0 Å². The van der Waals surface area contributed by atoms with Gasteiger partial charge >= 0.3 is 0 Å². The zero-order valence-electron chi connectivity index (χ0n) is 12.2. The smallest absolute Gasteiger partial charge is 0.246 e. The summed E-state index contributed by atoms with van der Waals surface area (Å²) in [6.45, 7) is 7.64. The quantitative estimate of drug-likeness (QED) is 0.815. The van der Waals surface area contributed by atoms with Crippen LogP contribution in [0.2, 0.25) is 0 Å². The highest BCUT2D eigenvalue weighted by atomic mass is 19.3. The lowest BCUT2D eigenvalue weighted by Gasteiger charge is -2.31. The summed E-state index contributed by atoms with van der Waals surface area (Å²) in [7, 11) is 0. The SMILES string of the molecule is CC(C)C1CCCCc2c(nnn2C(C)C)C1(F)F. The first-order valence-electron chi connectivity index (χ1n) is 7.18. The van der Waals surface area contributed by atoms with Crippen molar-refractivity contribution in [2.45, 2.75) is 65.3 Å². The molecule has 108 valence electrons. The predicted octanol–water partition coefficient (Wildman–Crippen LogP) is 3.95. The number of halogens is 2. The first kappa shape index (κ1) is 14.4. The maximum atomic E-state index is 14.7. The Balaban J connectivity index is 2.49. The number of fused-ring (bicyclic) bond motifs is 1. The molecule has 19 heavy (non-hydrogen) atoms. The number of hydrogen-bond acceptors (Lipinski definition) is 2. The van der Waals surface area contributed by atoms with Gasteiger partial charge < -0.3 is 0 Å². The summed E-state index contributed by atoms with van der Waals surface area (Å²) in [4.78, 5) is 0. The van der Waals surface area contributed by atoms with Gasteiger partial charge in [0.25, 0.3) is 5.92 Å². The number of hydrogen-bond donors (Lipinski definition) is 0. The van der Waals surface area contributed by atoms with Crippen molar-refractivity contribution >= 4 is 0 Å². The molecular formula is C14H23F2N3. The molecule has 1 unspecified atom stereocenters. The van der Waals surface area contributed by atoms with E-state index >= 15 is 0 Å². The predicted molar refractivity (Wildman–Crippen MR) is 70.2 cm³/mol. The van der Waals surface area contributed by atoms with Crippen LogP contribution >= 0.6 is 0 Å². The number of alkyl halides is 2. The van der Waals surface area contributed by atoms with Crippen molar-refractivity contribution in [2.24, 2.45) is 11.8 Å². The highest BCUT2D eigenvalue weighted by Crippen LogP contribution is 2.44. The molecular weight excluding hydrogens is 248 g/mol. The third kappa shape index (κ3) is 2.51. The third-order valence-electron chi connectivity index (χ3n) is 4.04. The molecule has 1 heterocycles. The van der Waals surface area contributed by atoms with Crippen molar-refractivity contribution in [3.63, 3.8) is 0 Å². The van der Waals surface area contributed by atoms with E-state index in [-0.39, 0.29) is 17.7 Å². The fourth-order valence-corrected chi connectivity index (χ4v) is 2.99. The molecule has 0 aromatic carbocycles. The second-order valence-corrected chi connectivity index (χ2v) is 6.14. The molecule has 1 aromatic rings. The maximum Gasteiger partial charge on any atom is 0.296 e. The fraction of sp³-hybridized carbons (Fsp3) is 0.857. The van der Waals surface area contributed by atoms with Crippen molar-refractivity contribution in [3.8, 4) is 0 Å². The molecule has 0 fully saturated rings. The minimum atomic E-state index is -2.86. The van der Waals surface area contributed by atoms with Crippen LogP contribution in [-0.4, -0.2) is 15.0 Å². The Hall–Kier alpha value is -1.00. The van der Waals surface area contributed by atoms with Crippen LogP contribution in [0.3, 0.4) is 0 Å². The van der Waals surface area contributed by atoms with Gasteiger partial charge in [0.2, 0.25) is 0 Å². The van der Waals surface area contributed by atoms with Gasteiger partial charge in [0.05, 0.1) is 5.69 Å². The van der Waals surface area contributed by atoms with E-state index in [4.69, 9.17) is 0 Å². The molecule has 2 rings (SSSR count). The lowest BCUT2D eigenvalue weighted by Crippen LogP contribution is -2.33. The molecule has 0 radical (unpaired) electrons. The maximum absolute atomic E-state index is 14.7. The van der Waals surface area contributed by atoms with Crippen molar-refractivity contribution < 1.29 is 8.78 Å². The van der Waals surface area contributed by atoms with Gasteiger partial charge in [-0.05, 0) is 39.0 Å². The van der Waals surface area contributed by atoms with Crippen LogP contribution in [0.4, 0.5) is 8.78 Å². The molecule has 1 aliphatic rings. The molecule has 3 nitrogen and oxygen atoms in total. The molecule has 0 amide bonds. The molecule has 0 saturated carbocycles. The van der Waals surface area contributed by atoms with Crippen molar-refractivity contribution in [1.82, 2.24) is 15.0 Å². The topological polar surface area (TPSA) is 30.7 Å². The summed E-state index contributed by atoms with van der Waals surface area (Å²) in [5, 5.41) is 7.78. The van der Waals surface area contributed by atoms with Gasteiger partial charge in [-0.3, -0.25) is 0 Å². The van der Waals surface area contributed by atoms with Gasteiger partial charge in [-0.15, -0.1) is 5.10 Å². The van der Waals surface area contributed by atoms with Gasteiger partial charge in [-0.2, -0.15) is 8.78 Å². The van der Waals surface area contributed by atoms with Gasteiger partial charge in [0.1, 0.15) is 0 Å². The Morgan fingerprint density at radius 2 is 1.89 bits per heavy atom. The first-order valence-corrected chi connectivity index (χ1v) is 7.18. The number of aromatic nitrogens is 3. The van der Waals surface area contributed by atoms with Crippen LogP contribution in [0.1, 0.15) is 64.4 Å². The molecule has 0 saturated heterocycles. The molecule has 0 aliphatic heterocycles. The molecule has 5 heteroatoms. The van der Waals surface area contributed by atoms with E-state index in [9.17, 15) is 8.78 Å². The highest BCUT2D eigenvalue weighted by molar-refractivity contribution is 5.19. The summed E-state index contributed by atoms with van der Waals surface area (Å²) in [6.07, 6.45) is 3.01. The summed E-state index contributed by atoms with van der Waals surface area (Å²) in [5.74, 6) is -3.55. The Kier molecular flexibility index (Phi) is 3.92. The molecule has 0 N–H and O–H groups in total. The molecule has 1 aliphatic carbocycles. The lowest BCUT2D eigenvalue weighted by molar-refractivity contribution is -0.0920.